The van der Waals surface area contributed by atoms with Crippen LogP contribution in [0.1, 0.15) is 33.1 Å². The molecule has 0 unspecified atom stereocenters. The molecule has 0 radical (unpaired) electrons. The van der Waals surface area contributed by atoms with Gasteiger partial charge in [0.1, 0.15) is 5.82 Å². The summed E-state index contributed by atoms with van der Waals surface area (Å²) in [5.41, 5.74) is 4.40. The van der Waals surface area contributed by atoms with Crippen LogP contribution in [0, 0.1) is 5.82 Å². The Hall–Kier alpha value is -2.56. The van der Waals surface area contributed by atoms with Crippen LogP contribution in [-0.2, 0) is 0 Å². The van der Waals surface area contributed by atoms with Crippen molar-refractivity contribution in [3.05, 3.63) is 48.4 Å². The highest BCUT2D eigenvalue weighted by atomic mass is 19.1. The minimum atomic E-state index is -0.204. The van der Waals surface area contributed by atoms with Gasteiger partial charge >= 0.3 is 0 Å². The Bertz CT molecular complexity index is 956. The number of halogens is 1. The van der Waals surface area contributed by atoms with Crippen LogP contribution in [0.4, 0.5) is 21.5 Å². The van der Waals surface area contributed by atoms with Crippen molar-refractivity contribution in [1.29, 1.82) is 0 Å². The SMILES string of the molecule is CC1(C)CN(C2CCC2)c2cc3[nH]ncc3cc2N1c1ccc(F)cc1. The highest BCUT2D eigenvalue weighted by Gasteiger charge is 2.41. The summed E-state index contributed by atoms with van der Waals surface area (Å²) < 4.78 is 13.5. The molecule has 1 aliphatic carbocycles. The van der Waals surface area contributed by atoms with Gasteiger partial charge in [0.15, 0.2) is 0 Å². The van der Waals surface area contributed by atoms with Crippen molar-refractivity contribution in [3.63, 3.8) is 0 Å². The minimum Gasteiger partial charge on any atom is -0.364 e. The molecule has 5 heteroatoms. The van der Waals surface area contributed by atoms with E-state index in [0.717, 1.165) is 23.1 Å². The number of anilines is 3. The van der Waals surface area contributed by atoms with E-state index in [0.29, 0.717) is 6.04 Å². The maximum Gasteiger partial charge on any atom is 0.123 e. The lowest BCUT2D eigenvalue weighted by Gasteiger charge is -2.53. The molecule has 1 aromatic heterocycles. The van der Waals surface area contributed by atoms with Crippen molar-refractivity contribution >= 4 is 28.0 Å². The van der Waals surface area contributed by atoms with E-state index in [2.05, 4.69) is 46.0 Å². The van der Waals surface area contributed by atoms with Gasteiger partial charge in [0.2, 0.25) is 0 Å². The average Bonchev–Trinajstić information content (AvgIpc) is 3.00. The fraction of sp³-hybridized carbons (Fsp3) is 0.381. The molecule has 0 spiro atoms. The first-order chi connectivity index (χ1) is 12.5. The van der Waals surface area contributed by atoms with Crippen molar-refractivity contribution < 1.29 is 4.39 Å². The third kappa shape index (κ3) is 2.30. The van der Waals surface area contributed by atoms with E-state index in [1.165, 1.54) is 30.6 Å². The number of aromatic amines is 1. The zero-order valence-electron chi connectivity index (χ0n) is 15.2. The van der Waals surface area contributed by atoms with E-state index in [-0.39, 0.29) is 11.4 Å². The number of aromatic nitrogens is 2. The van der Waals surface area contributed by atoms with Gasteiger partial charge in [-0.05, 0) is 69.5 Å². The number of fused-ring (bicyclic) bond motifs is 2. The maximum atomic E-state index is 13.5. The van der Waals surface area contributed by atoms with Crippen LogP contribution in [0.2, 0.25) is 0 Å². The zero-order chi connectivity index (χ0) is 17.9. The molecule has 5 rings (SSSR count). The molecule has 0 amide bonds. The summed E-state index contributed by atoms with van der Waals surface area (Å²) >= 11 is 0. The number of nitrogens with zero attached hydrogens (tertiary/aromatic N) is 3. The van der Waals surface area contributed by atoms with Gasteiger partial charge in [0.25, 0.3) is 0 Å². The molecule has 4 nitrogen and oxygen atoms in total. The lowest BCUT2D eigenvalue weighted by molar-refractivity contribution is 0.350. The molecule has 0 saturated heterocycles. The van der Waals surface area contributed by atoms with Crippen molar-refractivity contribution in [2.24, 2.45) is 0 Å². The Labute approximate surface area is 152 Å². The van der Waals surface area contributed by atoms with Gasteiger partial charge in [-0.3, -0.25) is 5.10 Å². The average molecular weight is 350 g/mol. The van der Waals surface area contributed by atoms with Crippen molar-refractivity contribution in [2.75, 3.05) is 16.3 Å². The Balaban J connectivity index is 1.72. The molecule has 1 saturated carbocycles. The number of rotatable bonds is 2. The smallest absolute Gasteiger partial charge is 0.123 e. The van der Waals surface area contributed by atoms with E-state index in [9.17, 15) is 4.39 Å². The largest absolute Gasteiger partial charge is 0.364 e. The second-order valence-corrected chi connectivity index (χ2v) is 8.14. The van der Waals surface area contributed by atoms with E-state index in [4.69, 9.17) is 0 Å². The van der Waals surface area contributed by atoms with E-state index < -0.39 is 0 Å². The van der Waals surface area contributed by atoms with Crippen molar-refractivity contribution in [2.45, 2.75) is 44.7 Å². The van der Waals surface area contributed by atoms with Crippen molar-refractivity contribution in [1.82, 2.24) is 10.2 Å². The molecule has 3 aromatic rings. The molecule has 0 bridgehead atoms. The van der Waals surface area contributed by atoms with Crippen LogP contribution in [0.5, 0.6) is 0 Å². The molecular formula is C21H23FN4. The molecule has 1 N–H and O–H groups in total. The summed E-state index contributed by atoms with van der Waals surface area (Å²) in [5, 5.41) is 8.41. The van der Waals surface area contributed by atoms with Gasteiger partial charge in [0, 0.05) is 23.7 Å². The zero-order valence-corrected chi connectivity index (χ0v) is 15.2. The van der Waals surface area contributed by atoms with Crippen LogP contribution in [0.3, 0.4) is 0 Å². The highest BCUT2D eigenvalue weighted by molar-refractivity contribution is 5.93. The molecule has 2 aromatic carbocycles. The van der Waals surface area contributed by atoms with Crippen LogP contribution in [0.15, 0.2) is 42.6 Å². The van der Waals surface area contributed by atoms with E-state index >= 15 is 0 Å². The van der Waals surface area contributed by atoms with Gasteiger partial charge in [-0.1, -0.05) is 0 Å². The second-order valence-electron chi connectivity index (χ2n) is 8.14. The van der Waals surface area contributed by atoms with Gasteiger partial charge in [0.05, 0.1) is 28.6 Å². The predicted octanol–water partition coefficient (Wildman–Crippen LogP) is 4.99. The molecule has 2 aliphatic rings. The standard InChI is InChI=1S/C21H23FN4/c1-21(2)13-25(16-4-3-5-16)19-11-18-14(12-23-24-18)10-20(19)26(21)17-8-6-15(22)7-9-17/h6-12,16H,3-5,13H2,1-2H3,(H,23,24). The molecule has 2 heterocycles. The Morgan fingerprint density at radius 1 is 1.12 bits per heavy atom. The van der Waals surface area contributed by atoms with Crippen LogP contribution >= 0.6 is 0 Å². The van der Waals surface area contributed by atoms with Crippen LogP contribution in [-0.4, -0.2) is 28.3 Å². The minimum absolute atomic E-state index is 0.0994. The summed E-state index contributed by atoms with van der Waals surface area (Å²) in [5.74, 6) is -0.204. The summed E-state index contributed by atoms with van der Waals surface area (Å²) in [6, 6.07) is 11.9. The normalized spacial score (nSPS) is 19.5. The topological polar surface area (TPSA) is 35.2 Å². The highest BCUT2D eigenvalue weighted by Crippen LogP contribution is 2.48. The van der Waals surface area contributed by atoms with Gasteiger partial charge < -0.3 is 9.80 Å². The van der Waals surface area contributed by atoms with Gasteiger partial charge in [-0.25, -0.2) is 4.39 Å². The molecule has 0 atom stereocenters. The molecular weight excluding hydrogens is 327 g/mol. The summed E-state index contributed by atoms with van der Waals surface area (Å²) in [7, 11) is 0. The number of hydrogen-bond donors (Lipinski definition) is 1. The number of benzene rings is 2. The summed E-state index contributed by atoms with van der Waals surface area (Å²) in [6.07, 6.45) is 5.69. The predicted molar refractivity (Wildman–Crippen MR) is 104 cm³/mol. The van der Waals surface area contributed by atoms with Gasteiger partial charge in [-0.2, -0.15) is 5.10 Å². The van der Waals surface area contributed by atoms with Crippen molar-refractivity contribution in [3.8, 4) is 0 Å². The third-order valence-corrected chi connectivity index (χ3v) is 5.85. The van der Waals surface area contributed by atoms with Crippen LogP contribution < -0.4 is 9.80 Å². The number of nitrogens with one attached hydrogen (secondary N) is 1. The monoisotopic (exact) mass is 350 g/mol. The van der Waals surface area contributed by atoms with E-state index in [1.807, 2.05) is 18.3 Å². The molecule has 1 aliphatic heterocycles. The molecule has 134 valence electrons. The summed E-state index contributed by atoms with van der Waals surface area (Å²) in [4.78, 5) is 4.92. The quantitative estimate of drug-likeness (QED) is 0.707. The Kier molecular flexibility index (Phi) is 3.30. The first-order valence-electron chi connectivity index (χ1n) is 9.32. The van der Waals surface area contributed by atoms with Gasteiger partial charge in [-0.15, -0.1) is 0 Å². The first kappa shape index (κ1) is 15.7. The molecule has 1 fully saturated rings. The fourth-order valence-corrected chi connectivity index (χ4v) is 4.38. The third-order valence-electron chi connectivity index (χ3n) is 5.85. The number of H-pyrrole nitrogens is 1. The Morgan fingerprint density at radius 3 is 2.58 bits per heavy atom. The maximum absolute atomic E-state index is 13.5. The van der Waals surface area contributed by atoms with Crippen LogP contribution in [0.25, 0.3) is 10.9 Å². The second kappa shape index (κ2) is 5.47. The summed E-state index contributed by atoms with van der Waals surface area (Å²) in [6.45, 7) is 5.48. The fourth-order valence-electron chi connectivity index (χ4n) is 4.38. The van der Waals surface area contributed by atoms with E-state index in [1.54, 1.807) is 12.1 Å². The number of hydrogen-bond acceptors (Lipinski definition) is 3. The lowest BCUT2D eigenvalue weighted by Crippen LogP contribution is -2.57. The Morgan fingerprint density at radius 2 is 1.88 bits per heavy atom. The molecule has 26 heavy (non-hydrogen) atoms. The first-order valence-corrected chi connectivity index (χ1v) is 9.32. The lowest BCUT2D eigenvalue weighted by atomic mass is 9.86.